The molecule has 1 rings (SSSR count). The molecule has 0 aliphatic rings. The first-order chi connectivity index (χ1) is 7.91. The summed E-state index contributed by atoms with van der Waals surface area (Å²) in [5, 5.41) is 20.6. The predicted molar refractivity (Wildman–Crippen MR) is 60.2 cm³/mol. The number of carbonyl (C=O) groups is 3. The molecule has 0 aliphatic heterocycles. The van der Waals surface area contributed by atoms with Gasteiger partial charge >= 0.3 is 11.9 Å². The Labute approximate surface area is 101 Å². The lowest BCUT2D eigenvalue weighted by molar-refractivity contribution is -0.140. The minimum Gasteiger partial charge on any atom is -0.480 e. The van der Waals surface area contributed by atoms with E-state index in [-0.39, 0.29) is 0 Å². The average Bonchev–Trinajstić information content (AvgIpc) is 2.61. The van der Waals surface area contributed by atoms with Crippen LogP contribution >= 0.6 is 11.3 Å². The van der Waals surface area contributed by atoms with Crippen LogP contribution in [0, 0.1) is 6.92 Å². The van der Waals surface area contributed by atoms with Crippen LogP contribution in [-0.2, 0) is 9.59 Å². The summed E-state index contributed by atoms with van der Waals surface area (Å²) in [6.45, 7) is 0.463. The van der Waals surface area contributed by atoms with Gasteiger partial charge in [0, 0.05) is 5.38 Å². The van der Waals surface area contributed by atoms with E-state index in [2.05, 4.69) is 0 Å². The molecular formula is C10H11NO5S. The van der Waals surface area contributed by atoms with Crippen molar-refractivity contribution in [2.45, 2.75) is 6.92 Å². The van der Waals surface area contributed by atoms with Crippen LogP contribution in [0.2, 0.25) is 0 Å². The first-order valence-electron chi connectivity index (χ1n) is 4.67. The van der Waals surface area contributed by atoms with Crippen LogP contribution in [0.15, 0.2) is 10.8 Å². The second-order valence-electron chi connectivity index (χ2n) is 3.42. The Morgan fingerprint density at radius 2 is 1.71 bits per heavy atom. The summed E-state index contributed by atoms with van der Waals surface area (Å²) in [4.78, 5) is 33.8. The molecule has 17 heavy (non-hydrogen) atoms. The highest BCUT2D eigenvalue weighted by molar-refractivity contribution is 7.08. The number of aryl methyl sites for hydroxylation is 1. The highest BCUT2D eigenvalue weighted by Crippen LogP contribution is 2.15. The Hall–Kier alpha value is -1.89. The molecule has 0 saturated carbocycles. The maximum absolute atomic E-state index is 11.9. The summed E-state index contributed by atoms with van der Waals surface area (Å²) in [6, 6.07) is 0. The van der Waals surface area contributed by atoms with Gasteiger partial charge in [-0.1, -0.05) is 0 Å². The smallest absolute Gasteiger partial charge is 0.323 e. The maximum Gasteiger partial charge on any atom is 0.323 e. The van der Waals surface area contributed by atoms with Crippen molar-refractivity contribution in [3.8, 4) is 0 Å². The molecule has 0 spiro atoms. The molecular weight excluding hydrogens is 246 g/mol. The zero-order valence-electron chi connectivity index (χ0n) is 9.04. The zero-order chi connectivity index (χ0) is 13.0. The minimum absolute atomic E-state index is 0.345. The van der Waals surface area contributed by atoms with E-state index in [0.29, 0.717) is 11.1 Å². The number of hydrogen-bond acceptors (Lipinski definition) is 4. The van der Waals surface area contributed by atoms with Crippen molar-refractivity contribution in [1.82, 2.24) is 4.90 Å². The first kappa shape index (κ1) is 13.2. The molecule has 6 nitrogen and oxygen atoms in total. The number of carboxylic acids is 2. The summed E-state index contributed by atoms with van der Waals surface area (Å²) in [5.41, 5.74) is 1.05. The molecule has 0 atom stereocenters. The summed E-state index contributed by atoms with van der Waals surface area (Å²) in [7, 11) is 0. The van der Waals surface area contributed by atoms with Gasteiger partial charge in [-0.05, 0) is 17.9 Å². The van der Waals surface area contributed by atoms with Gasteiger partial charge in [-0.3, -0.25) is 14.4 Å². The van der Waals surface area contributed by atoms with Crippen molar-refractivity contribution < 1.29 is 24.6 Å². The molecule has 92 valence electrons. The highest BCUT2D eigenvalue weighted by atomic mass is 32.1. The average molecular weight is 257 g/mol. The SMILES string of the molecule is Cc1cscc1C(=O)N(CC(=O)O)CC(=O)O. The molecule has 0 saturated heterocycles. The number of nitrogens with zero attached hydrogens (tertiary/aromatic N) is 1. The van der Waals surface area contributed by atoms with Crippen molar-refractivity contribution in [1.29, 1.82) is 0 Å². The van der Waals surface area contributed by atoms with E-state index in [1.807, 2.05) is 0 Å². The molecule has 7 heteroatoms. The summed E-state index contributed by atoms with van der Waals surface area (Å²) in [6.07, 6.45) is 0. The first-order valence-corrected chi connectivity index (χ1v) is 5.61. The number of carboxylic acid groups (broad SMARTS) is 2. The van der Waals surface area contributed by atoms with E-state index in [1.165, 1.54) is 11.3 Å². The lowest BCUT2D eigenvalue weighted by Crippen LogP contribution is -2.39. The standard InChI is InChI=1S/C10H11NO5S/c1-6-4-17-5-7(6)10(16)11(2-8(12)13)3-9(14)15/h4-5H,2-3H2,1H3,(H,12,13)(H,14,15). The largest absolute Gasteiger partial charge is 0.480 e. The molecule has 0 aromatic carbocycles. The Kier molecular flexibility index (Phi) is 4.22. The third-order valence-corrected chi connectivity index (χ3v) is 2.89. The normalized spacial score (nSPS) is 9.94. The molecule has 1 aromatic rings. The van der Waals surface area contributed by atoms with Gasteiger partial charge in [-0.15, -0.1) is 0 Å². The highest BCUT2D eigenvalue weighted by Gasteiger charge is 2.22. The fourth-order valence-corrected chi connectivity index (χ4v) is 2.10. The van der Waals surface area contributed by atoms with Gasteiger partial charge in [-0.2, -0.15) is 11.3 Å². The Balaban J connectivity index is 2.90. The molecule has 1 amide bonds. The van der Waals surface area contributed by atoms with Crippen molar-refractivity contribution in [2.24, 2.45) is 0 Å². The Morgan fingerprint density at radius 3 is 2.06 bits per heavy atom. The number of thiophene rings is 1. The van der Waals surface area contributed by atoms with Crippen LogP contribution in [0.1, 0.15) is 15.9 Å². The van der Waals surface area contributed by atoms with Crippen LogP contribution < -0.4 is 0 Å². The Bertz CT molecular complexity index is 437. The second kappa shape index (κ2) is 5.44. The van der Waals surface area contributed by atoms with Gasteiger partial charge in [0.15, 0.2) is 0 Å². The minimum atomic E-state index is -1.24. The topological polar surface area (TPSA) is 94.9 Å². The van der Waals surface area contributed by atoms with E-state index in [4.69, 9.17) is 10.2 Å². The number of hydrogen-bond donors (Lipinski definition) is 2. The van der Waals surface area contributed by atoms with Crippen molar-refractivity contribution in [2.75, 3.05) is 13.1 Å². The van der Waals surface area contributed by atoms with E-state index in [1.54, 1.807) is 17.7 Å². The Morgan fingerprint density at radius 1 is 1.18 bits per heavy atom. The maximum atomic E-state index is 11.9. The zero-order valence-corrected chi connectivity index (χ0v) is 9.86. The molecule has 0 fully saturated rings. The van der Waals surface area contributed by atoms with Crippen molar-refractivity contribution in [3.05, 3.63) is 21.9 Å². The summed E-state index contributed by atoms with van der Waals surface area (Å²) in [5.74, 6) is -3.06. The fraction of sp³-hybridized carbons (Fsp3) is 0.300. The van der Waals surface area contributed by atoms with Crippen molar-refractivity contribution >= 4 is 29.2 Å². The summed E-state index contributed by atoms with van der Waals surface area (Å²) >= 11 is 1.31. The second-order valence-corrected chi connectivity index (χ2v) is 4.16. The molecule has 1 heterocycles. The number of rotatable bonds is 5. The quantitative estimate of drug-likeness (QED) is 0.808. The number of aliphatic carboxylic acids is 2. The molecule has 1 aromatic heterocycles. The van der Waals surface area contributed by atoms with Gasteiger partial charge in [0.1, 0.15) is 13.1 Å². The lowest BCUT2D eigenvalue weighted by atomic mass is 10.2. The predicted octanol–water partition coefficient (Wildman–Crippen LogP) is 0.668. The lowest BCUT2D eigenvalue weighted by Gasteiger charge is -2.18. The van der Waals surface area contributed by atoms with Gasteiger partial charge in [-0.25, -0.2) is 0 Å². The number of amides is 1. The van der Waals surface area contributed by atoms with Gasteiger partial charge in [0.25, 0.3) is 5.91 Å². The molecule has 0 unspecified atom stereocenters. The van der Waals surface area contributed by atoms with E-state index in [0.717, 1.165) is 4.90 Å². The van der Waals surface area contributed by atoms with E-state index < -0.39 is 30.9 Å². The van der Waals surface area contributed by atoms with Gasteiger partial charge < -0.3 is 15.1 Å². The van der Waals surface area contributed by atoms with Crippen molar-refractivity contribution in [3.63, 3.8) is 0 Å². The van der Waals surface area contributed by atoms with E-state index in [9.17, 15) is 14.4 Å². The molecule has 2 N–H and O–H groups in total. The van der Waals surface area contributed by atoms with E-state index >= 15 is 0 Å². The van der Waals surface area contributed by atoms with Crippen LogP contribution in [-0.4, -0.2) is 46.0 Å². The summed E-state index contributed by atoms with van der Waals surface area (Å²) < 4.78 is 0. The third-order valence-electron chi connectivity index (χ3n) is 2.03. The number of carbonyl (C=O) groups excluding carboxylic acids is 1. The van der Waals surface area contributed by atoms with Crippen LogP contribution in [0.4, 0.5) is 0 Å². The van der Waals surface area contributed by atoms with Gasteiger partial charge in [0.05, 0.1) is 5.56 Å². The fourth-order valence-electron chi connectivity index (χ4n) is 1.28. The van der Waals surface area contributed by atoms with Crippen LogP contribution in [0.3, 0.4) is 0 Å². The third kappa shape index (κ3) is 3.56. The molecule has 0 aliphatic carbocycles. The van der Waals surface area contributed by atoms with Crippen LogP contribution in [0.25, 0.3) is 0 Å². The van der Waals surface area contributed by atoms with Crippen LogP contribution in [0.5, 0.6) is 0 Å². The monoisotopic (exact) mass is 257 g/mol. The molecule has 0 bridgehead atoms. The molecule has 0 radical (unpaired) electrons. The van der Waals surface area contributed by atoms with Gasteiger partial charge in [0.2, 0.25) is 0 Å².